The highest BCUT2D eigenvalue weighted by Crippen LogP contribution is 2.54. The van der Waals surface area contributed by atoms with E-state index in [0.717, 1.165) is 0 Å². The molecule has 0 aliphatic heterocycles. The highest BCUT2D eigenvalue weighted by atomic mass is 19.4. The van der Waals surface area contributed by atoms with Gasteiger partial charge < -0.3 is 5.11 Å². The summed E-state index contributed by atoms with van der Waals surface area (Å²) in [4.78, 5) is 10.7. The lowest BCUT2D eigenvalue weighted by atomic mass is 9.80. The Morgan fingerprint density at radius 3 is 2.18 bits per heavy atom. The van der Waals surface area contributed by atoms with Crippen LogP contribution in [0.15, 0.2) is 12.2 Å². The van der Waals surface area contributed by atoms with Crippen LogP contribution in [0.3, 0.4) is 0 Å². The molecule has 0 aromatic heterocycles. The number of ketones is 1. The van der Waals surface area contributed by atoms with Crippen molar-refractivity contribution in [3.8, 4) is 0 Å². The number of fused-ring (bicyclic) bond motifs is 2. The van der Waals surface area contributed by atoms with Gasteiger partial charge in [0.15, 0.2) is 0 Å². The van der Waals surface area contributed by atoms with Crippen molar-refractivity contribution < 1.29 is 31.9 Å². The van der Waals surface area contributed by atoms with Gasteiger partial charge >= 0.3 is 17.9 Å². The number of alkyl halides is 5. The molecule has 2 rings (SSSR count). The van der Waals surface area contributed by atoms with E-state index in [9.17, 15) is 31.9 Å². The van der Waals surface area contributed by atoms with Crippen LogP contribution in [0, 0.1) is 11.8 Å². The molecule has 0 radical (unpaired) electrons. The van der Waals surface area contributed by atoms with Crippen molar-refractivity contribution in [1.82, 2.24) is 0 Å². The number of carbonyl (C=O) groups is 1. The van der Waals surface area contributed by atoms with Crippen molar-refractivity contribution in [2.24, 2.45) is 11.8 Å². The summed E-state index contributed by atoms with van der Waals surface area (Å²) in [5, 5.41) is 9.72. The minimum Gasteiger partial charge on any atom is -0.382 e. The largest absolute Gasteiger partial charge is 0.456 e. The van der Waals surface area contributed by atoms with Gasteiger partial charge in [-0.05, 0) is 18.8 Å². The minimum absolute atomic E-state index is 0.164. The summed E-state index contributed by atoms with van der Waals surface area (Å²) < 4.78 is 63.2. The van der Waals surface area contributed by atoms with Crippen molar-refractivity contribution in [3.05, 3.63) is 12.2 Å². The molecule has 1 saturated carbocycles. The predicted molar refractivity (Wildman–Crippen MR) is 46.3 cm³/mol. The van der Waals surface area contributed by atoms with Gasteiger partial charge in [0.05, 0.1) is 0 Å². The van der Waals surface area contributed by atoms with E-state index >= 15 is 0 Å². The number of allylic oxidation sites excluding steroid dienone is 1. The van der Waals surface area contributed by atoms with E-state index in [2.05, 4.69) is 0 Å². The lowest BCUT2D eigenvalue weighted by Crippen LogP contribution is -2.59. The summed E-state index contributed by atoms with van der Waals surface area (Å²) in [6.07, 6.45) is -3.16. The maximum absolute atomic E-state index is 13.5. The molecular weight excluding hydrogens is 247 g/mol. The Morgan fingerprint density at radius 2 is 1.82 bits per heavy atom. The Labute approximate surface area is 93.1 Å². The number of hydrogen-bond acceptors (Lipinski definition) is 2. The van der Waals surface area contributed by atoms with Crippen LogP contribution in [0.25, 0.3) is 0 Å². The molecule has 2 aliphatic rings. The van der Waals surface area contributed by atoms with E-state index in [4.69, 9.17) is 0 Å². The van der Waals surface area contributed by atoms with Gasteiger partial charge in [0.25, 0.3) is 0 Å². The maximum atomic E-state index is 13.5. The van der Waals surface area contributed by atoms with Gasteiger partial charge in [-0.15, -0.1) is 0 Å². The summed E-state index contributed by atoms with van der Waals surface area (Å²) in [5.41, 5.74) is -2.90. The van der Waals surface area contributed by atoms with Crippen LogP contribution < -0.4 is 0 Å². The van der Waals surface area contributed by atoms with Gasteiger partial charge in [0.2, 0.25) is 0 Å². The third-order valence-corrected chi connectivity index (χ3v) is 3.45. The van der Waals surface area contributed by atoms with Crippen molar-refractivity contribution in [2.45, 2.75) is 30.5 Å². The van der Waals surface area contributed by atoms with Gasteiger partial charge in [-0.2, -0.15) is 22.0 Å². The third-order valence-electron chi connectivity index (χ3n) is 3.45. The van der Waals surface area contributed by atoms with E-state index in [1.54, 1.807) is 6.08 Å². The van der Waals surface area contributed by atoms with Crippen LogP contribution in [0.1, 0.15) is 12.8 Å². The number of hydrogen-bond donors (Lipinski definition) is 1. The second kappa shape index (κ2) is 3.28. The standard InChI is InChI=1S/C10H9F5O2/c11-9(12,7(16)10(13,14)15)8(17)4-5-1-2-6(8)3-5/h1-2,5-6,17H,3-4H2. The molecule has 0 heterocycles. The lowest BCUT2D eigenvalue weighted by molar-refractivity contribution is -0.232. The molecule has 0 spiro atoms. The first-order valence-electron chi connectivity index (χ1n) is 4.99. The normalized spacial score (nSPS) is 36.6. The number of aliphatic hydroxyl groups is 1. The second-order valence-electron chi connectivity index (χ2n) is 4.52. The zero-order chi connectivity index (χ0) is 13.1. The quantitative estimate of drug-likeness (QED) is 0.606. The van der Waals surface area contributed by atoms with Crippen molar-refractivity contribution in [3.63, 3.8) is 0 Å². The molecule has 1 fully saturated rings. The fourth-order valence-electron chi connectivity index (χ4n) is 2.57. The molecule has 0 saturated heterocycles. The zero-order valence-electron chi connectivity index (χ0n) is 8.47. The molecule has 7 heteroatoms. The fourth-order valence-corrected chi connectivity index (χ4v) is 2.57. The molecule has 1 N–H and O–H groups in total. The van der Waals surface area contributed by atoms with Crippen LogP contribution in [-0.4, -0.2) is 28.6 Å². The second-order valence-corrected chi connectivity index (χ2v) is 4.52. The Balaban J connectivity index is 2.33. The van der Waals surface area contributed by atoms with Crippen LogP contribution in [0.5, 0.6) is 0 Å². The molecule has 0 aromatic rings. The molecular formula is C10H9F5O2. The summed E-state index contributed by atoms with van der Waals surface area (Å²) in [5.74, 6) is -9.44. The average molecular weight is 256 g/mol. The van der Waals surface area contributed by atoms with E-state index in [1.165, 1.54) is 6.08 Å². The Kier molecular flexibility index (Phi) is 2.40. The first-order valence-corrected chi connectivity index (χ1v) is 4.99. The molecule has 2 nitrogen and oxygen atoms in total. The number of halogens is 5. The monoisotopic (exact) mass is 256 g/mol. The third kappa shape index (κ3) is 1.59. The fraction of sp³-hybridized carbons (Fsp3) is 0.700. The molecule has 17 heavy (non-hydrogen) atoms. The average Bonchev–Trinajstić information content (AvgIpc) is 2.74. The van der Waals surface area contributed by atoms with Gasteiger partial charge in [-0.3, -0.25) is 4.79 Å². The molecule has 2 bridgehead atoms. The van der Waals surface area contributed by atoms with Crippen LogP contribution in [0.2, 0.25) is 0 Å². The van der Waals surface area contributed by atoms with Gasteiger partial charge in [0, 0.05) is 5.92 Å². The number of Topliss-reactive ketones (excluding diaryl/α,β-unsaturated/α-hetero) is 1. The summed E-state index contributed by atoms with van der Waals surface area (Å²) >= 11 is 0. The van der Waals surface area contributed by atoms with Gasteiger partial charge in [-0.1, -0.05) is 12.2 Å². The summed E-state index contributed by atoms with van der Waals surface area (Å²) in [6, 6.07) is 0. The van der Waals surface area contributed by atoms with Crippen LogP contribution in [0.4, 0.5) is 22.0 Å². The summed E-state index contributed by atoms with van der Waals surface area (Å²) in [7, 11) is 0. The molecule has 0 aromatic carbocycles. The van der Waals surface area contributed by atoms with Crippen molar-refractivity contribution in [2.75, 3.05) is 0 Å². The Morgan fingerprint density at radius 1 is 1.24 bits per heavy atom. The molecule has 96 valence electrons. The van der Waals surface area contributed by atoms with Crippen LogP contribution in [-0.2, 0) is 4.79 Å². The topological polar surface area (TPSA) is 37.3 Å². The Bertz CT molecular complexity index is 387. The molecule has 2 aliphatic carbocycles. The van der Waals surface area contributed by atoms with Crippen LogP contribution >= 0.6 is 0 Å². The minimum atomic E-state index is -5.65. The lowest BCUT2D eigenvalue weighted by Gasteiger charge is -2.36. The molecule has 3 atom stereocenters. The molecule has 0 amide bonds. The van der Waals surface area contributed by atoms with Crippen molar-refractivity contribution >= 4 is 5.78 Å². The zero-order valence-corrected chi connectivity index (χ0v) is 8.47. The number of rotatable bonds is 2. The van der Waals surface area contributed by atoms with E-state index in [-0.39, 0.29) is 12.3 Å². The van der Waals surface area contributed by atoms with E-state index in [0.29, 0.717) is 0 Å². The van der Waals surface area contributed by atoms with E-state index < -0.39 is 35.8 Å². The maximum Gasteiger partial charge on any atom is 0.456 e. The first-order chi connectivity index (χ1) is 7.59. The number of carbonyl (C=O) groups excluding carboxylic acids is 1. The first kappa shape index (κ1) is 12.5. The molecule has 3 unspecified atom stereocenters. The van der Waals surface area contributed by atoms with Gasteiger partial charge in [0.1, 0.15) is 5.60 Å². The smallest absolute Gasteiger partial charge is 0.382 e. The van der Waals surface area contributed by atoms with Crippen molar-refractivity contribution in [1.29, 1.82) is 0 Å². The van der Waals surface area contributed by atoms with Gasteiger partial charge in [-0.25, -0.2) is 0 Å². The van der Waals surface area contributed by atoms with E-state index in [1.807, 2.05) is 0 Å². The Hall–Kier alpha value is -0.980. The predicted octanol–water partition coefficient (Wildman–Crippen LogP) is 2.08. The SMILES string of the molecule is O=C(C(F)(F)F)C(F)(F)C1(O)CC2C=CC1C2. The highest BCUT2D eigenvalue weighted by molar-refractivity contribution is 5.92. The highest BCUT2D eigenvalue weighted by Gasteiger charge is 2.70. The summed E-state index contributed by atoms with van der Waals surface area (Å²) in [6.45, 7) is 0.